The van der Waals surface area contributed by atoms with Crippen LogP contribution in [0.5, 0.6) is 0 Å². The zero-order valence-corrected chi connectivity index (χ0v) is 14.6. The number of nitrogens with zero attached hydrogens (tertiary/aromatic N) is 4. The highest BCUT2D eigenvalue weighted by molar-refractivity contribution is 6.01. The van der Waals surface area contributed by atoms with Gasteiger partial charge >= 0.3 is 5.97 Å². The van der Waals surface area contributed by atoms with Crippen LogP contribution in [0.4, 0.5) is 0 Å². The van der Waals surface area contributed by atoms with Crippen molar-refractivity contribution in [3.63, 3.8) is 0 Å². The van der Waals surface area contributed by atoms with Gasteiger partial charge in [0.15, 0.2) is 5.69 Å². The summed E-state index contributed by atoms with van der Waals surface area (Å²) in [5.41, 5.74) is 2.65. The Bertz CT molecular complexity index is 1060. The quantitative estimate of drug-likeness (QED) is 0.504. The molecule has 0 aliphatic carbocycles. The molecular weight excluding hydrogens is 344 g/mol. The number of aromatic nitrogens is 4. The highest BCUT2D eigenvalue weighted by Gasteiger charge is 2.28. The molecule has 0 fully saturated rings. The lowest BCUT2D eigenvalue weighted by atomic mass is 10.1. The van der Waals surface area contributed by atoms with E-state index in [0.29, 0.717) is 11.4 Å². The molecule has 7 heteroatoms. The molecule has 7 nitrogen and oxygen atoms in total. The van der Waals surface area contributed by atoms with Crippen molar-refractivity contribution in [2.24, 2.45) is 0 Å². The SMILES string of the molecule is CCOC(=O)c1c(-c2ccccc2)noc1-c1cn(-c2ccccc2)nn1. The maximum atomic E-state index is 12.6. The molecule has 2 heterocycles. The summed E-state index contributed by atoms with van der Waals surface area (Å²) in [6, 6.07) is 18.9. The predicted molar refractivity (Wildman–Crippen MR) is 98.2 cm³/mol. The van der Waals surface area contributed by atoms with Gasteiger partial charge in [-0.2, -0.15) is 0 Å². The molecule has 0 spiro atoms. The monoisotopic (exact) mass is 360 g/mol. The van der Waals surface area contributed by atoms with E-state index in [-0.39, 0.29) is 17.9 Å². The molecule has 0 aliphatic rings. The number of esters is 1. The molecule has 0 unspecified atom stereocenters. The van der Waals surface area contributed by atoms with E-state index in [1.54, 1.807) is 17.8 Å². The van der Waals surface area contributed by atoms with Crippen molar-refractivity contribution in [3.05, 3.63) is 72.4 Å². The van der Waals surface area contributed by atoms with Crippen LogP contribution in [0.2, 0.25) is 0 Å². The molecule has 2 aromatic heterocycles. The van der Waals surface area contributed by atoms with Gasteiger partial charge in [-0.05, 0) is 19.1 Å². The summed E-state index contributed by atoms with van der Waals surface area (Å²) < 4.78 is 12.3. The molecule has 0 amide bonds. The predicted octanol–water partition coefficient (Wildman–Crippen LogP) is 3.77. The topological polar surface area (TPSA) is 83.0 Å². The number of ether oxygens (including phenoxy) is 1. The van der Waals surface area contributed by atoms with Gasteiger partial charge in [-0.25, -0.2) is 9.48 Å². The van der Waals surface area contributed by atoms with Crippen LogP contribution in [0.1, 0.15) is 17.3 Å². The lowest BCUT2D eigenvalue weighted by Crippen LogP contribution is -2.06. The van der Waals surface area contributed by atoms with Crippen molar-refractivity contribution in [2.75, 3.05) is 6.61 Å². The first-order valence-corrected chi connectivity index (χ1v) is 8.48. The average molecular weight is 360 g/mol. The van der Waals surface area contributed by atoms with Crippen molar-refractivity contribution < 1.29 is 14.1 Å². The van der Waals surface area contributed by atoms with E-state index in [1.807, 2.05) is 60.7 Å². The Labute approximate surface area is 155 Å². The Hall–Kier alpha value is -3.74. The minimum absolute atomic E-state index is 0.231. The minimum atomic E-state index is -0.512. The summed E-state index contributed by atoms with van der Waals surface area (Å²) in [4.78, 5) is 12.6. The Morgan fingerprint density at radius 2 is 1.78 bits per heavy atom. The summed E-state index contributed by atoms with van der Waals surface area (Å²) >= 11 is 0. The fraction of sp³-hybridized carbons (Fsp3) is 0.100. The van der Waals surface area contributed by atoms with Gasteiger partial charge in [0.2, 0.25) is 5.76 Å². The van der Waals surface area contributed by atoms with Gasteiger partial charge in [0.05, 0.1) is 18.5 Å². The normalized spacial score (nSPS) is 10.7. The van der Waals surface area contributed by atoms with Crippen LogP contribution in [0, 0.1) is 0 Å². The number of para-hydroxylation sites is 1. The Morgan fingerprint density at radius 1 is 1.07 bits per heavy atom. The number of hydrogen-bond acceptors (Lipinski definition) is 6. The number of carbonyl (C=O) groups is 1. The molecule has 0 radical (unpaired) electrons. The zero-order chi connectivity index (χ0) is 18.6. The van der Waals surface area contributed by atoms with Crippen molar-refractivity contribution in [2.45, 2.75) is 6.92 Å². The molecule has 4 aromatic rings. The van der Waals surface area contributed by atoms with Crippen LogP contribution in [0.25, 0.3) is 28.4 Å². The first-order chi connectivity index (χ1) is 13.3. The van der Waals surface area contributed by atoms with Crippen molar-refractivity contribution in [3.8, 4) is 28.4 Å². The van der Waals surface area contributed by atoms with Gasteiger partial charge in [0, 0.05) is 5.56 Å². The summed E-state index contributed by atoms with van der Waals surface area (Å²) in [6.45, 7) is 1.99. The Balaban J connectivity index is 1.80. The molecule has 0 aliphatic heterocycles. The Kier molecular flexibility index (Phi) is 4.49. The molecule has 27 heavy (non-hydrogen) atoms. The highest BCUT2D eigenvalue weighted by Crippen LogP contribution is 2.32. The smallest absolute Gasteiger partial charge is 0.344 e. The van der Waals surface area contributed by atoms with Crippen LogP contribution in [0.3, 0.4) is 0 Å². The molecule has 4 rings (SSSR count). The van der Waals surface area contributed by atoms with Gasteiger partial charge in [-0.1, -0.05) is 58.9 Å². The summed E-state index contributed by atoms with van der Waals surface area (Å²) in [6.07, 6.45) is 1.69. The van der Waals surface area contributed by atoms with Gasteiger partial charge in [-0.15, -0.1) is 5.10 Å². The van der Waals surface area contributed by atoms with Crippen molar-refractivity contribution in [1.82, 2.24) is 20.2 Å². The molecule has 0 N–H and O–H groups in total. The molecular formula is C20H16N4O3. The van der Waals surface area contributed by atoms with Gasteiger partial charge < -0.3 is 9.26 Å². The van der Waals surface area contributed by atoms with Gasteiger partial charge in [-0.3, -0.25) is 0 Å². The minimum Gasteiger partial charge on any atom is -0.462 e. The molecule has 0 atom stereocenters. The first-order valence-electron chi connectivity index (χ1n) is 8.48. The van der Waals surface area contributed by atoms with E-state index in [4.69, 9.17) is 9.26 Å². The molecule has 0 bridgehead atoms. The molecule has 0 saturated carbocycles. The average Bonchev–Trinajstić information content (AvgIpc) is 3.37. The van der Waals surface area contributed by atoms with Crippen molar-refractivity contribution >= 4 is 5.97 Å². The lowest BCUT2D eigenvalue weighted by molar-refractivity contribution is 0.0527. The van der Waals surface area contributed by atoms with E-state index in [1.165, 1.54) is 0 Å². The van der Waals surface area contributed by atoms with Crippen LogP contribution >= 0.6 is 0 Å². The zero-order valence-electron chi connectivity index (χ0n) is 14.6. The molecule has 0 saturated heterocycles. The van der Waals surface area contributed by atoms with E-state index < -0.39 is 5.97 Å². The van der Waals surface area contributed by atoms with Gasteiger partial charge in [0.25, 0.3) is 0 Å². The standard InChI is InChI=1S/C20H16N4O3/c1-2-26-20(25)17-18(14-9-5-3-6-10-14)22-27-19(17)16-13-24(23-21-16)15-11-7-4-8-12-15/h3-13H,2H2,1H3. The van der Waals surface area contributed by atoms with E-state index in [0.717, 1.165) is 11.3 Å². The largest absolute Gasteiger partial charge is 0.462 e. The lowest BCUT2D eigenvalue weighted by Gasteiger charge is -2.03. The summed E-state index contributed by atoms with van der Waals surface area (Å²) in [5, 5.41) is 12.4. The summed E-state index contributed by atoms with van der Waals surface area (Å²) in [5.74, 6) is -0.281. The molecule has 134 valence electrons. The number of carbonyl (C=O) groups excluding carboxylic acids is 1. The fourth-order valence-electron chi connectivity index (χ4n) is 2.73. The third-order valence-corrected chi connectivity index (χ3v) is 3.97. The van der Waals surface area contributed by atoms with Gasteiger partial charge in [0.1, 0.15) is 11.3 Å². The van der Waals surface area contributed by atoms with E-state index >= 15 is 0 Å². The van der Waals surface area contributed by atoms with Crippen LogP contribution < -0.4 is 0 Å². The van der Waals surface area contributed by atoms with E-state index in [9.17, 15) is 4.79 Å². The number of benzene rings is 2. The maximum absolute atomic E-state index is 12.6. The second kappa shape index (κ2) is 7.25. The fourth-order valence-corrected chi connectivity index (χ4v) is 2.73. The van der Waals surface area contributed by atoms with Crippen LogP contribution in [-0.4, -0.2) is 32.7 Å². The highest BCUT2D eigenvalue weighted by atomic mass is 16.5. The van der Waals surface area contributed by atoms with Crippen LogP contribution in [0.15, 0.2) is 71.4 Å². The third kappa shape index (κ3) is 3.22. The first kappa shape index (κ1) is 16.7. The number of rotatable bonds is 5. The second-order valence-electron chi connectivity index (χ2n) is 5.71. The van der Waals surface area contributed by atoms with Crippen molar-refractivity contribution in [1.29, 1.82) is 0 Å². The molecule has 2 aromatic carbocycles. The number of hydrogen-bond donors (Lipinski definition) is 0. The summed E-state index contributed by atoms with van der Waals surface area (Å²) in [7, 11) is 0. The van der Waals surface area contributed by atoms with Crippen LogP contribution in [-0.2, 0) is 4.74 Å². The maximum Gasteiger partial charge on any atom is 0.344 e. The third-order valence-electron chi connectivity index (χ3n) is 3.97. The Morgan fingerprint density at radius 3 is 2.48 bits per heavy atom. The second-order valence-corrected chi connectivity index (χ2v) is 5.71. The van der Waals surface area contributed by atoms with E-state index in [2.05, 4.69) is 15.5 Å².